The maximum atomic E-state index is 11.3. The normalized spacial score (nSPS) is 12.5. The Labute approximate surface area is 70.6 Å². The summed E-state index contributed by atoms with van der Waals surface area (Å²) >= 11 is 0. The third-order valence-electron chi connectivity index (χ3n) is 1.54. The van der Waals surface area contributed by atoms with Gasteiger partial charge in [0.25, 0.3) is 0 Å². The van der Waals surface area contributed by atoms with E-state index < -0.39 is 6.10 Å². The Balaban J connectivity index is 2.79. The number of methoxy groups -OCH3 is 1. The topological polar surface area (TPSA) is 52.1 Å². The summed E-state index contributed by atoms with van der Waals surface area (Å²) in [6.45, 7) is 1.68. The lowest BCUT2D eigenvalue weighted by Crippen LogP contribution is -2.20. The number of hydrogen-bond donors (Lipinski definition) is 0. The molecule has 4 nitrogen and oxygen atoms in total. The number of hydrogen-bond acceptors (Lipinski definition) is 4. The molecule has 0 radical (unpaired) electrons. The molecule has 64 valence electrons. The van der Waals surface area contributed by atoms with Gasteiger partial charge in [0.1, 0.15) is 11.8 Å². The predicted octanol–water partition coefficient (Wildman–Crippen LogP) is 0.694. The van der Waals surface area contributed by atoms with Gasteiger partial charge in [0.2, 0.25) is 5.78 Å². The number of rotatable bonds is 3. The van der Waals surface area contributed by atoms with Gasteiger partial charge in [-0.05, 0) is 6.92 Å². The van der Waals surface area contributed by atoms with Crippen LogP contribution in [0.2, 0.25) is 0 Å². The van der Waals surface area contributed by atoms with Crippen LogP contribution in [-0.2, 0) is 4.74 Å². The Morgan fingerprint density at radius 2 is 2.33 bits per heavy atom. The predicted molar refractivity (Wildman–Crippen MR) is 42.8 cm³/mol. The fourth-order valence-electron chi connectivity index (χ4n) is 0.742. The summed E-state index contributed by atoms with van der Waals surface area (Å²) in [5, 5.41) is 0. The Hall–Kier alpha value is -1.29. The second-order valence-corrected chi connectivity index (χ2v) is 2.33. The number of ketones is 1. The molecule has 1 heterocycles. The van der Waals surface area contributed by atoms with E-state index in [0.717, 1.165) is 0 Å². The highest BCUT2D eigenvalue weighted by molar-refractivity contribution is 5.97. The Morgan fingerprint density at radius 1 is 1.58 bits per heavy atom. The molecule has 0 saturated heterocycles. The van der Waals surface area contributed by atoms with Gasteiger partial charge in [0.05, 0.1) is 6.20 Å². The van der Waals surface area contributed by atoms with Crippen LogP contribution >= 0.6 is 0 Å². The van der Waals surface area contributed by atoms with E-state index in [1.54, 1.807) is 6.92 Å². The number of nitrogens with zero attached hydrogens (tertiary/aromatic N) is 2. The molecule has 0 aliphatic rings. The third kappa shape index (κ3) is 1.85. The Kier molecular flexibility index (Phi) is 2.88. The standard InChI is InChI=1S/C8H10N2O2/c1-6(12-2)8(11)7-5-9-3-4-10-7/h3-6H,1-2H3. The average Bonchev–Trinajstić information content (AvgIpc) is 2.17. The summed E-state index contributed by atoms with van der Waals surface area (Å²) in [6, 6.07) is 0. The van der Waals surface area contributed by atoms with Gasteiger partial charge in [-0.2, -0.15) is 0 Å². The van der Waals surface area contributed by atoms with Crippen LogP contribution in [0.25, 0.3) is 0 Å². The van der Waals surface area contributed by atoms with Gasteiger partial charge in [0, 0.05) is 19.5 Å². The quantitative estimate of drug-likeness (QED) is 0.620. The third-order valence-corrected chi connectivity index (χ3v) is 1.54. The van der Waals surface area contributed by atoms with Crippen LogP contribution < -0.4 is 0 Å². The smallest absolute Gasteiger partial charge is 0.211 e. The molecule has 0 N–H and O–H groups in total. The van der Waals surface area contributed by atoms with Crippen molar-refractivity contribution in [2.24, 2.45) is 0 Å². The van der Waals surface area contributed by atoms with E-state index in [1.165, 1.54) is 25.7 Å². The van der Waals surface area contributed by atoms with Gasteiger partial charge >= 0.3 is 0 Å². The molecular weight excluding hydrogens is 156 g/mol. The monoisotopic (exact) mass is 166 g/mol. The maximum absolute atomic E-state index is 11.3. The van der Waals surface area contributed by atoms with E-state index in [-0.39, 0.29) is 5.78 Å². The van der Waals surface area contributed by atoms with Gasteiger partial charge in [-0.1, -0.05) is 0 Å². The number of aromatic nitrogens is 2. The van der Waals surface area contributed by atoms with Gasteiger partial charge < -0.3 is 4.74 Å². The van der Waals surface area contributed by atoms with Crippen molar-refractivity contribution in [3.63, 3.8) is 0 Å². The summed E-state index contributed by atoms with van der Waals surface area (Å²) in [5.74, 6) is -0.148. The molecule has 0 bridgehead atoms. The van der Waals surface area contributed by atoms with E-state index in [4.69, 9.17) is 4.74 Å². The molecule has 1 rings (SSSR count). The molecule has 4 heteroatoms. The van der Waals surface area contributed by atoms with Crippen LogP contribution in [0.15, 0.2) is 18.6 Å². The summed E-state index contributed by atoms with van der Waals surface area (Å²) < 4.78 is 4.85. The Morgan fingerprint density at radius 3 is 2.83 bits per heavy atom. The number of Topliss-reactive ketones (excluding diaryl/α,β-unsaturated/α-hetero) is 1. The molecule has 0 aromatic carbocycles. The zero-order valence-corrected chi connectivity index (χ0v) is 7.02. The number of carbonyl (C=O) groups excluding carboxylic acids is 1. The van der Waals surface area contributed by atoms with E-state index in [9.17, 15) is 4.79 Å². The van der Waals surface area contributed by atoms with Crippen LogP contribution in [0.1, 0.15) is 17.4 Å². The van der Waals surface area contributed by atoms with Crippen molar-refractivity contribution in [2.45, 2.75) is 13.0 Å². The highest BCUT2D eigenvalue weighted by Crippen LogP contribution is 1.99. The maximum Gasteiger partial charge on any atom is 0.211 e. The van der Waals surface area contributed by atoms with Crippen molar-refractivity contribution in [1.29, 1.82) is 0 Å². The summed E-state index contributed by atoms with van der Waals surface area (Å²) in [4.78, 5) is 19.0. The van der Waals surface area contributed by atoms with Crippen molar-refractivity contribution >= 4 is 5.78 Å². The fourth-order valence-corrected chi connectivity index (χ4v) is 0.742. The van der Waals surface area contributed by atoms with Crippen LogP contribution in [0.5, 0.6) is 0 Å². The molecule has 12 heavy (non-hydrogen) atoms. The van der Waals surface area contributed by atoms with Crippen LogP contribution in [0.4, 0.5) is 0 Å². The summed E-state index contributed by atoms with van der Waals surface area (Å²) in [5.41, 5.74) is 0.340. The fraction of sp³-hybridized carbons (Fsp3) is 0.375. The first kappa shape index (κ1) is 8.80. The SMILES string of the molecule is COC(C)C(=O)c1cnccn1. The van der Waals surface area contributed by atoms with Crippen LogP contribution in [0.3, 0.4) is 0 Å². The molecule has 0 saturated carbocycles. The van der Waals surface area contributed by atoms with Crippen LogP contribution in [-0.4, -0.2) is 29.0 Å². The lowest BCUT2D eigenvalue weighted by atomic mass is 10.2. The molecule has 0 aliphatic carbocycles. The second kappa shape index (κ2) is 3.92. The second-order valence-electron chi connectivity index (χ2n) is 2.33. The molecular formula is C8H10N2O2. The van der Waals surface area contributed by atoms with E-state index in [0.29, 0.717) is 5.69 Å². The van der Waals surface area contributed by atoms with Crippen molar-refractivity contribution < 1.29 is 9.53 Å². The average molecular weight is 166 g/mol. The highest BCUT2D eigenvalue weighted by Gasteiger charge is 2.14. The van der Waals surface area contributed by atoms with Crippen LogP contribution in [0, 0.1) is 0 Å². The van der Waals surface area contributed by atoms with E-state index >= 15 is 0 Å². The molecule has 1 atom stereocenters. The van der Waals surface area contributed by atoms with E-state index in [2.05, 4.69) is 9.97 Å². The first-order valence-electron chi connectivity index (χ1n) is 3.58. The lowest BCUT2D eigenvalue weighted by molar-refractivity contribution is 0.0650. The molecule has 1 unspecified atom stereocenters. The summed E-state index contributed by atoms with van der Waals surface area (Å²) in [6.07, 6.45) is 3.98. The van der Waals surface area contributed by atoms with Gasteiger partial charge in [-0.3, -0.25) is 9.78 Å². The Bertz CT molecular complexity index is 261. The minimum absolute atomic E-state index is 0.148. The molecule has 0 fully saturated rings. The minimum Gasteiger partial charge on any atom is -0.374 e. The highest BCUT2D eigenvalue weighted by atomic mass is 16.5. The minimum atomic E-state index is -0.457. The molecule has 0 spiro atoms. The number of carbonyl (C=O) groups is 1. The number of ether oxygens (including phenoxy) is 1. The van der Waals surface area contributed by atoms with Crippen molar-refractivity contribution in [3.8, 4) is 0 Å². The molecule has 1 aromatic rings. The first-order valence-corrected chi connectivity index (χ1v) is 3.58. The van der Waals surface area contributed by atoms with Gasteiger partial charge in [-0.25, -0.2) is 4.98 Å². The first-order chi connectivity index (χ1) is 5.75. The molecule has 1 aromatic heterocycles. The van der Waals surface area contributed by atoms with Gasteiger partial charge in [-0.15, -0.1) is 0 Å². The van der Waals surface area contributed by atoms with E-state index in [1.807, 2.05) is 0 Å². The lowest BCUT2D eigenvalue weighted by Gasteiger charge is -2.05. The van der Waals surface area contributed by atoms with Crippen molar-refractivity contribution in [2.75, 3.05) is 7.11 Å². The largest absolute Gasteiger partial charge is 0.374 e. The zero-order chi connectivity index (χ0) is 8.97. The molecule has 0 aliphatic heterocycles. The van der Waals surface area contributed by atoms with Crippen molar-refractivity contribution in [3.05, 3.63) is 24.3 Å². The van der Waals surface area contributed by atoms with Gasteiger partial charge in [0.15, 0.2) is 0 Å². The molecule has 0 amide bonds. The summed E-state index contributed by atoms with van der Waals surface area (Å²) in [7, 11) is 1.49. The zero-order valence-electron chi connectivity index (χ0n) is 7.02. The van der Waals surface area contributed by atoms with Crippen molar-refractivity contribution in [1.82, 2.24) is 9.97 Å².